The van der Waals surface area contributed by atoms with Gasteiger partial charge < -0.3 is 10.8 Å². The van der Waals surface area contributed by atoms with Gasteiger partial charge in [0.1, 0.15) is 10.8 Å². The summed E-state index contributed by atoms with van der Waals surface area (Å²) in [6.45, 7) is 0.207. The van der Waals surface area contributed by atoms with E-state index in [1.807, 2.05) is 0 Å². The molecule has 1 unspecified atom stereocenters. The highest BCUT2D eigenvalue weighted by Gasteiger charge is 2.33. The van der Waals surface area contributed by atoms with E-state index in [-0.39, 0.29) is 23.7 Å². The number of halogens is 4. The first-order chi connectivity index (χ1) is 7.36. The van der Waals surface area contributed by atoms with Crippen molar-refractivity contribution >= 4 is 11.6 Å². The highest BCUT2D eigenvalue weighted by Crippen LogP contribution is 2.31. The lowest BCUT2D eigenvalue weighted by molar-refractivity contribution is -0.141. The molecule has 0 amide bonds. The van der Waals surface area contributed by atoms with Gasteiger partial charge in [-0.3, -0.25) is 0 Å². The topological polar surface area (TPSA) is 59.1 Å². The summed E-state index contributed by atoms with van der Waals surface area (Å²) in [7, 11) is 0. The number of nitrogens with zero attached hydrogens (tertiary/aromatic N) is 1. The quantitative estimate of drug-likeness (QED) is 0.813. The van der Waals surface area contributed by atoms with Crippen molar-refractivity contribution < 1.29 is 18.3 Å². The van der Waals surface area contributed by atoms with E-state index in [9.17, 15) is 18.3 Å². The van der Waals surface area contributed by atoms with Crippen molar-refractivity contribution in [3.05, 3.63) is 28.5 Å². The molecule has 1 rings (SSSR count). The zero-order valence-corrected chi connectivity index (χ0v) is 8.89. The first-order valence-corrected chi connectivity index (χ1v) is 4.86. The molecule has 0 fully saturated rings. The summed E-state index contributed by atoms with van der Waals surface area (Å²) in [5.41, 5.74) is 4.28. The molecular formula is C9H10ClF3N2O. The second-order valence-corrected chi connectivity index (χ2v) is 3.53. The van der Waals surface area contributed by atoms with E-state index in [0.29, 0.717) is 0 Å². The maximum absolute atomic E-state index is 12.2. The summed E-state index contributed by atoms with van der Waals surface area (Å²) in [6.07, 6.45) is -5.32. The van der Waals surface area contributed by atoms with Crippen LogP contribution >= 0.6 is 11.6 Å². The highest BCUT2D eigenvalue weighted by atomic mass is 35.5. The van der Waals surface area contributed by atoms with E-state index in [1.165, 1.54) is 0 Å². The molecule has 0 aliphatic heterocycles. The van der Waals surface area contributed by atoms with E-state index in [4.69, 9.17) is 17.3 Å². The number of aliphatic hydroxyl groups is 1. The van der Waals surface area contributed by atoms with Crippen LogP contribution in [0.3, 0.4) is 0 Å². The van der Waals surface area contributed by atoms with Gasteiger partial charge in [0.2, 0.25) is 0 Å². The number of rotatable bonds is 3. The molecule has 7 heteroatoms. The van der Waals surface area contributed by atoms with Gasteiger partial charge >= 0.3 is 6.18 Å². The van der Waals surface area contributed by atoms with E-state index in [1.54, 1.807) is 0 Å². The second-order valence-electron chi connectivity index (χ2n) is 3.17. The van der Waals surface area contributed by atoms with Crippen molar-refractivity contribution in [2.45, 2.75) is 18.7 Å². The van der Waals surface area contributed by atoms with Crippen LogP contribution in [0.25, 0.3) is 0 Å². The number of pyridine rings is 1. The van der Waals surface area contributed by atoms with Gasteiger partial charge in [-0.1, -0.05) is 17.7 Å². The number of aromatic nitrogens is 1. The van der Waals surface area contributed by atoms with Crippen LogP contribution in [0.1, 0.15) is 23.8 Å². The maximum atomic E-state index is 12.2. The molecule has 0 bridgehead atoms. The normalized spacial score (nSPS) is 13.9. The monoisotopic (exact) mass is 254 g/mol. The third-order valence-electron chi connectivity index (χ3n) is 1.97. The fourth-order valence-corrected chi connectivity index (χ4v) is 1.44. The molecule has 0 radical (unpaired) electrons. The number of hydrogen-bond acceptors (Lipinski definition) is 3. The van der Waals surface area contributed by atoms with Crippen molar-refractivity contribution in [2.75, 3.05) is 6.54 Å². The minimum Gasteiger partial charge on any atom is -0.388 e. The van der Waals surface area contributed by atoms with Crippen LogP contribution in [0.15, 0.2) is 12.1 Å². The van der Waals surface area contributed by atoms with Gasteiger partial charge in [-0.25, -0.2) is 4.98 Å². The lowest BCUT2D eigenvalue weighted by Crippen LogP contribution is -2.11. The summed E-state index contributed by atoms with van der Waals surface area (Å²) >= 11 is 5.55. The van der Waals surface area contributed by atoms with Gasteiger partial charge in [-0.15, -0.1) is 0 Å². The van der Waals surface area contributed by atoms with Crippen molar-refractivity contribution in [2.24, 2.45) is 5.73 Å². The molecule has 1 aromatic heterocycles. The van der Waals surface area contributed by atoms with Crippen molar-refractivity contribution in [1.82, 2.24) is 4.98 Å². The van der Waals surface area contributed by atoms with E-state index in [0.717, 1.165) is 12.1 Å². The fourth-order valence-electron chi connectivity index (χ4n) is 1.16. The SMILES string of the molecule is NCCC(O)c1ccc(C(F)(F)F)nc1Cl. The van der Waals surface area contributed by atoms with E-state index >= 15 is 0 Å². The van der Waals surface area contributed by atoms with E-state index in [2.05, 4.69) is 4.98 Å². The Morgan fingerprint density at radius 3 is 2.50 bits per heavy atom. The summed E-state index contributed by atoms with van der Waals surface area (Å²) < 4.78 is 36.7. The van der Waals surface area contributed by atoms with Gasteiger partial charge in [0.05, 0.1) is 6.10 Å². The molecule has 3 N–H and O–H groups in total. The van der Waals surface area contributed by atoms with Crippen LogP contribution in [-0.4, -0.2) is 16.6 Å². The van der Waals surface area contributed by atoms with Gasteiger partial charge in [-0.05, 0) is 19.0 Å². The Morgan fingerprint density at radius 1 is 1.44 bits per heavy atom. The van der Waals surface area contributed by atoms with Crippen molar-refractivity contribution in [3.63, 3.8) is 0 Å². The average Bonchev–Trinajstić information content (AvgIpc) is 2.16. The zero-order chi connectivity index (χ0) is 12.3. The van der Waals surface area contributed by atoms with Crippen molar-refractivity contribution in [3.8, 4) is 0 Å². The van der Waals surface area contributed by atoms with Gasteiger partial charge in [-0.2, -0.15) is 13.2 Å². The predicted molar refractivity (Wildman–Crippen MR) is 52.9 cm³/mol. The average molecular weight is 255 g/mol. The minimum atomic E-state index is -4.54. The predicted octanol–water partition coefficient (Wildman–Crippen LogP) is 2.14. The molecule has 1 aromatic rings. The Morgan fingerprint density at radius 2 is 2.06 bits per heavy atom. The summed E-state index contributed by atoms with van der Waals surface area (Å²) in [6, 6.07) is 1.89. The largest absolute Gasteiger partial charge is 0.433 e. The van der Waals surface area contributed by atoms with Crippen LogP contribution in [0, 0.1) is 0 Å². The highest BCUT2D eigenvalue weighted by molar-refractivity contribution is 6.30. The van der Waals surface area contributed by atoms with E-state index < -0.39 is 18.0 Å². The molecule has 90 valence electrons. The van der Waals surface area contributed by atoms with Gasteiger partial charge in [0.15, 0.2) is 0 Å². The van der Waals surface area contributed by atoms with Gasteiger partial charge in [0.25, 0.3) is 0 Å². The summed E-state index contributed by atoms with van der Waals surface area (Å²) in [5, 5.41) is 9.16. The number of alkyl halides is 3. The van der Waals surface area contributed by atoms with Crippen LogP contribution in [0.5, 0.6) is 0 Å². The third kappa shape index (κ3) is 3.07. The molecule has 16 heavy (non-hydrogen) atoms. The first kappa shape index (κ1) is 13.2. The van der Waals surface area contributed by atoms with Crippen LogP contribution in [0.4, 0.5) is 13.2 Å². The lowest BCUT2D eigenvalue weighted by atomic mass is 10.1. The standard InChI is InChI=1S/C9H10ClF3N2O/c10-8-5(6(16)3-4-14)1-2-7(15-8)9(11,12)13/h1-2,6,16H,3-4,14H2. The molecule has 3 nitrogen and oxygen atoms in total. The smallest absolute Gasteiger partial charge is 0.388 e. The van der Waals surface area contributed by atoms with Crippen LogP contribution in [-0.2, 0) is 6.18 Å². The van der Waals surface area contributed by atoms with Gasteiger partial charge in [0, 0.05) is 5.56 Å². The molecule has 0 saturated heterocycles. The molecule has 0 spiro atoms. The molecule has 0 aromatic carbocycles. The molecule has 0 aliphatic carbocycles. The Kier molecular flexibility index (Phi) is 4.12. The molecule has 1 heterocycles. The Hall–Kier alpha value is -0.850. The second kappa shape index (κ2) is 4.99. The molecule has 0 saturated carbocycles. The van der Waals surface area contributed by atoms with Crippen LogP contribution < -0.4 is 5.73 Å². The maximum Gasteiger partial charge on any atom is 0.433 e. The number of hydrogen-bond donors (Lipinski definition) is 2. The number of nitrogens with two attached hydrogens (primary N) is 1. The molecular weight excluding hydrogens is 245 g/mol. The van der Waals surface area contributed by atoms with Crippen molar-refractivity contribution in [1.29, 1.82) is 0 Å². The minimum absolute atomic E-state index is 0.153. The Labute approximate surface area is 95.0 Å². The summed E-state index contributed by atoms with van der Waals surface area (Å²) in [4.78, 5) is 3.19. The first-order valence-electron chi connectivity index (χ1n) is 4.48. The molecule has 1 atom stereocenters. The summed E-state index contributed by atoms with van der Waals surface area (Å²) in [5.74, 6) is 0. The third-order valence-corrected chi connectivity index (χ3v) is 2.27. The van der Waals surface area contributed by atoms with Crippen LogP contribution in [0.2, 0.25) is 5.15 Å². The fraction of sp³-hybridized carbons (Fsp3) is 0.444. The Bertz CT molecular complexity index is 370. The lowest BCUT2D eigenvalue weighted by Gasteiger charge is -2.12. The molecule has 0 aliphatic rings. The number of aliphatic hydroxyl groups excluding tert-OH is 1. The zero-order valence-electron chi connectivity index (χ0n) is 8.13. The Balaban J connectivity index is 3.00.